The lowest BCUT2D eigenvalue weighted by Crippen LogP contribution is -2.64. The van der Waals surface area contributed by atoms with Crippen molar-refractivity contribution in [1.29, 1.82) is 0 Å². The van der Waals surface area contributed by atoms with Crippen molar-refractivity contribution in [3.63, 3.8) is 0 Å². The fourth-order valence-electron chi connectivity index (χ4n) is 3.47. The molecule has 3 unspecified atom stereocenters. The van der Waals surface area contributed by atoms with Crippen molar-refractivity contribution >= 4 is 0 Å². The topological polar surface area (TPSA) is 24.5 Å². The van der Waals surface area contributed by atoms with E-state index in [9.17, 15) is 0 Å². The van der Waals surface area contributed by atoms with Gasteiger partial charge in [-0.25, -0.2) is 0 Å². The Hall–Kier alpha value is -0.120. The van der Waals surface area contributed by atoms with Gasteiger partial charge in [-0.2, -0.15) is 0 Å². The zero-order valence-electron chi connectivity index (χ0n) is 12.5. The van der Waals surface area contributed by atoms with Crippen LogP contribution in [0.15, 0.2) is 0 Å². The molecule has 0 radical (unpaired) electrons. The van der Waals surface area contributed by atoms with Gasteiger partial charge in [0.25, 0.3) is 0 Å². The van der Waals surface area contributed by atoms with Gasteiger partial charge in [-0.05, 0) is 52.7 Å². The molecule has 1 aliphatic carbocycles. The van der Waals surface area contributed by atoms with Gasteiger partial charge in [-0.1, -0.05) is 13.8 Å². The summed E-state index contributed by atoms with van der Waals surface area (Å²) in [5.41, 5.74) is 0.347. The van der Waals surface area contributed by atoms with Crippen LogP contribution >= 0.6 is 0 Å². The van der Waals surface area contributed by atoms with E-state index in [1.165, 1.54) is 38.8 Å². The van der Waals surface area contributed by atoms with Crippen molar-refractivity contribution in [1.82, 2.24) is 10.2 Å². The molecule has 0 aromatic rings. The zero-order chi connectivity index (χ0) is 13.2. The number of likely N-dealkylation sites (tertiary alicyclic amines) is 1. The molecule has 18 heavy (non-hydrogen) atoms. The lowest BCUT2D eigenvalue weighted by molar-refractivity contribution is -0.129. The Labute approximate surface area is 112 Å². The largest absolute Gasteiger partial charge is 0.378 e. The molecule has 0 amide bonds. The van der Waals surface area contributed by atoms with Crippen LogP contribution in [0, 0.1) is 5.41 Å². The van der Waals surface area contributed by atoms with Gasteiger partial charge in [-0.3, -0.25) is 0 Å². The molecule has 0 aromatic heterocycles. The van der Waals surface area contributed by atoms with E-state index in [1.54, 1.807) is 0 Å². The van der Waals surface area contributed by atoms with Crippen molar-refractivity contribution in [2.75, 3.05) is 26.7 Å². The SMILES string of the molecule is CCOC1CC(NC2CCN(C)CC2)C1(C)CC. The molecule has 1 saturated heterocycles. The lowest BCUT2D eigenvalue weighted by Gasteiger charge is -2.55. The summed E-state index contributed by atoms with van der Waals surface area (Å²) in [4.78, 5) is 2.43. The van der Waals surface area contributed by atoms with Crippen LogP contribution in [0.25, 0.3) is 0 Å². The minimum absolute atomic E-state index is 0.347. The van der Waals surface area contributed by atoms with E-state index in [2.05, 4.69) is 38.0 Å². The van der Waals surface area contributed by atoms with Gasteiger partial charge in [0.15, 0.2) is 0 Å². The first-order chi connectivity index (χ1) is 8.60. The third-order valence-electron chi connectivity index (χ3n) is 5.27. The Kier molecular flexibility index (Phi) is 4.68. The lowest BCUT2D eigenvalue weighted by atomic mass is 9.61. The number of nitrogens with zero attached hydrogens (tertiary/aromatic N) is 1. The van der Waals surface area contributed by atoms with E-state index < -0.39 is 0 Å². The van der Waals surface area contributed by atoms with Gasteiger partial charge in [0.1, 0.15) is 0 Å². The molecule has 2 aliphatic rings. The van der Waals surface area contributed by atoms with Crippen LogP contribution < -0.4 is 5.32 Å². The maximum Gasteiger partial charge on any atom is 0.0658 e. The number of ether oxygens (including phenoxy) is 1. The van der Waals surface area contributed by atoms with Crippen molar-refractivity contribution in [3.05, 3.63) is 0 Å². The van der Waals surface area contributed by atoms with Crippen LogP contribution in [-0.4, -0.2) is 49.8 Å². The van der Waals surface area contributed by atoms with Crippen molar-refractivity contribution < 1.29 is 4.74 Å². The van der Waals surface area contributed by atoms with E-state index in [0.717, 1.165) is 12.6 Å². The quantitative estimate of drug-likeness (QED) is 0.814. The van der Waals surface area contributed by atoms with E-state index >= 15 is 0 Å². The Bertz CT molecular complexity index is 263. The Morgan fingerprint density at radius 3 is 2.50 bits per heavy atom. The third kappa shape index (κ3) is 2.73. The van der Waals surface area contributed by atoms with Crippen LogP contribution in [-0.2, 0) is 4.74 Å². The van der Waals surface area contributed by atoms with Crippen molar-refractivity contribution in [2.45, 2.75) is 64.6 Å². The molecule has 1 aliphatic heterocycles. The van der Waals surface area contributed by atoms with E-state index in [1.807, 2.05) is 0 Å². The third-order valence-corrected chi connectivity index (χ3v) is 5.27. The second kappa shape index (κ2) is 5.89. The van der Waals surface area contributed by atoms with Crippen LogP contribution in [0.1, 0.15) is 46.5 Å². The highest BCUT2D eigenvalue weighted by molar-refractivity contribution is 5.05. The Morgan fingerprint density at radius 2 is 1.94 bits per heavy atom. The van der Waals surface area contributed by atoms with E-state index in [-0.39, 0.29) is 0 Å². The monoisotopic (exact) mass is 254 g/mol. The molecule has 3 atom stereocenters. The molecule has 1 heterocycles. The highest BCUT2D eigenvalue weighted by Crippen LogP contribution is 2.46. The fourth-order valence-corrected chi connectivity index (χ4v) is 3.47. The van der Waals surface area contributed by atoms with Crippen LogP contribution in [0.2, 0.25) is 0 Å². The maximum absolute atomic E-state index is 5.87. The predicted molar refractivity (Wildman–Crippen MR) is 75.9 cm³/mol. The second-order valence-corrected chi connectivity index (χ2v) is 6.34. The van der Waals surface area contributed by atoms with E-state index in [0.29, 0.717) is 17.6 Å². The molecule has 1 N–H and O–H groups in total. The molecule has 0 bridgehead atoms. The molecule has 2 fully saturated rings. The molecule has 0 spiro atoms. The van der Waals surface area contributed by atoms with Gasteiger partial charge in [0.05, 0.1) is 6.10 Å². The number of hydrogen-bond donors (Lipinski definition) is 1. The molecule has 106 valence electrons. The van der Waals surface area contributed by atoms with Gasteiger partial charge < -0.3 is 15.0 Å². The standard InChI is InChI=1S/C15H30N2O/c1-5-15(3)13(11-14(15)18-6-2)16-12-7-9-17(4)10-8-12/h12-14,16H,5-11H2,1-4H3. The van der Waals surface area contributed by atoms with Gasteiger partial charge >= 0.3 is 0 Å². The van der Waals surface area contributed by atoms with Gasteiger partial charge in [0, 0.05) is 24.1 Å². The molecule has 2 rings (SSSR count). The molecule has 3 nitrogen and oxygen atoms in total. The molecular formula is C15H30N2O. The average Bonchev–Trinajstić information content (AvgIpc) is 2.39. The van der Waals surface area contributed by atoms with Crippen LogP contribution in [0.5, 0.6) is 0 Å². The first-order valence-electron chi connectivity index (χ1n) is 7.66. The summed E-state index contributed by atoms with van der Waals surface area (Å²) in [5, 5.41) is 3.90. The molecular weight excluding hydrogens is 224 g/mol. The van der Waals surface area contributed by atoms with Gasteiger partial charge in [0.2, 0.25) is 0 Å². The summed E-state index contributed by atoms with van der Waals surface area (Å²) in [6, 6.07) is 1.38. The Morgan fingerprint density at radius 1 is 1.28 bits per heavy atom. The van der Waals surface area contributed by atoms with Crippen molar-refractivity contribution in [2.24, 2.45) is 5.41 Å². The number of rotatable bonds is 5. The Balaban J connectivity index is 1.83. The molecule has 3 heteroatoms. The number of piperidine rings is 1. The fraction of sp³-hybridized carbons (Fsp3) is 1.00. The summed E-state index contributed by atoms with van der Waals surface area (Å²) in [6.07, 6.45) is 5.47. The summed E-state index contributed by atoms with van der Waals surface area (Å²) < 4.78 is 5.87. The van der Waals surface area contributed by atoms with E-state index in [4.69, 9.17) is 4.74 Å². The normalized spacial score (nSPS) is 38.7. The van der Waals surface area contributed by atoms with Gasteiger partial charge in [-0.15, -0.1) is 0 Å². The molecule has 1 saturated carbocycles. The highest BCUT2D eigenvalue weighted by atomic mass is 16.5. The first kappa shape index (κ1) is 14.3. The minimum Gasteiger partial charge on any atom is -0.378 e. The average molecular weight is 254 g/mol. The maximum atomic E-state index is 5.87. The highest BCUT2D eigenvalue weighted by Gasteiger charge is 2.51. The minimum atomic E-state index is 0.347. The zero-order valence-corrected chi connectivity index (χ0v) is 12.5. The summed E-state index contributed by atoms with van der Waals surface area (Å²) in [7, 11) is 2.22. The second-order valence-electron chi connectivity index (χ2n) is 6.34. The summed E-state index contributed by atoms with van der Waals surface area (Å²) >= 11 is 0. The summed E-state index contributed by atoms with van der Waals surface area (Å²) in [6.45, 7) is 10.1. The summed E-state index contributed by atoms with van der Waals surface area (Å²) in [5.74, 6) is 0. The number of hydrogen-bond acceptors (Lipinski definition) is 3. The number of nitrogens with one attached hydrogen (secondary N) is 1. The van der Waals surface area contributed by atoms with Crippen LogP contribution in [0.4, 0.5) is 0 Å². The van der Waals surface area contributed by atoms with Crippen LogP contribution in [0.3, 0.4) is 0 Å². The molecule has 0 aromatic carbocycles. The smallest absolute Gasteiger partial charge is 0.0658 e. The predicted octanol–water partition coefficient (Wildman–Crippen LogP) is 2.26. The van der Waals surface area contributed by atoms with Crippen molar-refractivity contribution in [3.8, 4) is 0 Å². The first-order valence-corrected chi connectivity index (χ1v) is 7.66.